The molecule has 0 saturated heterocycles. The molecule has 2 N–H and O–H groups in total. The molecular formula is C15H10N2O2. The highest BCUT2D eigenvalue weighted by molar-refractivity contribution is 6.09. The minimum atomic E-state index is -0.297. The van der Waals surface area contributed by atoms with Crippen molar-refractivity contribution in [1.29, 1.82) is 0 Å². The summed E-state index contributed by atoms with van der Waals surface area (Å²) >= 11 is 0. The highest BCUT2D eigenvalue weighted by atomic mass is 16.2. The van der Waals surface area contributed by atoms with Crippen LogP contribution in [0.3, 0.4) is 0 Å². The van der Waals surface area contributed by atoms with Crippen LogP contribution in [0.4, 0.5) is 5.69 Å². The fourth-order valence-corrected chi connectivity index (χ4v) is 2.54. The van der Waals surface area contributed by atoms with E-state index in [1.807, 2.05) is 12.2 Å². The fraction of sp³-hybridized carbons (Fsp3) is 0.0667. The molecule has 4 rings (SSSR count). The summed E-state index contributed by atoms with van der Waals surface area (Å²) < 4.78 is 0. The number of H-pyrrole nitrogens is 1. The molecule has 0 aromatic carbocycles. The van der Waals surface area contributed by atoms with Crippen LogP contribution in [-0.2, 0) is 4.79 Å². The van der Waals surface area contributed by atoms with Gasteiger partial charge in [0.1, 0.15) is 5.69 Å². The van der Waals surface area contributed by atoms with Crippen molar-refractivity contribution in [3.8, 4) is 0 Å². The molecule has 0 aliphatic heterocycles. The Morgan fingerprint density at radius 2 is 2.16 bits per heavy atom. The van der Waals surface area contributed by atoms with Crippen LogP contribution in [0.2, 0.25) is 0 Å². The predicted octanol–water partition coefficient (Wildman–Crippen LogP) is 1.82. The molecule has 3 aliphatic rings. The second-order valence-electron chi connectivity index (χ2n) is 4.77. The number of anilines is 1. The quantitative estimate of drug-likeness (QED) is 0.841. The molecule has 3 aliphatic carbocycles. The maximum atomic E-state index is 12.2. The van der Waals surface area contributed by atoms with Gasteiger partial charge in [-0.25, -0.2) is 0 Å². The standard InChI is InChI=1S/C15H10N2O2/c18-14(17-13-2-1-5-16-15(13)19)10-4-3-9-11-6-8(11)7-12(9)10/h1-5,7H,6H2,(H,16,19)(H,17,18). The summed E-state index contributed by atoms with van der Waals surface area (Å²) in [5.74, 6) is -0.239. The van der Waals surface area contributed by atoms with Gasteiger partial charge in [0.05, 0.1) is 0 Å². The van der Waals surface area contributed by atoms with Gasteiger partial charge < -0.3 is 10.3 Å². The van der Waals surface area contributed by atoms with Crippen molar-refractivity contribution in [2.45, 2.75) is 6.42 Å². The number of aromatic nitrogens is 1. The smallest absolute Gasteiger partial charge is 0.271 e. The van der Waals surface area contributed by atoms with Crippen LogP contribution in [0.25, 0.3) is 0 Å². The van der Waals surface area contributed by atoms with Crippen LogP contribution in [0.15, 0.2) is 69.2 Å². The Labute approximate surface area is 108 Å². The lowest BCUT2D eigenvalue weighted by Crippen LogP contribution is -2.20. The number of amides is 1. The van der Waals surface area contributed by atoms with Crippen molar-refractivity contribution in [2.24, 2.45) is 0 Å². The summed E-state index contributed by atoms with van der Waals surface area (Å²) in [6.45, 7) is 0. The summed E-state index contributed by atoms with van der Waals surface area (Å²) in [7, 11) is 0. The first-order chi connectivity index (χ1) is 9.24. The summed E-state index contributed by atoms with van der Waals surface area (Å²) in [5, 5.41) is 2.65. The van der Waals surface area contributed by atoms with Crippen LogP contribution in [0, 0.1) is 0 Å². The number of fused-ring (bicyclic) bond motifs is 2. The second kappa shape index (κ2) is 3.45. The lowest BCUT2D eigenvalue weighted by Gasteiger charge is -2.05. The van der Waals surface area contributed by atoms with E-state index in [0.29, 0.717) is 5.57 Å². The molecular weight excluding hydrogens is 240 g/mol. The Kier molecular flexibility index (Phi) is 1.87. The van der Waals surface area contributed by atoms with E-state index < -0.39 is 0 Å². The van der Waals surface area contributed by atoms with Gasteiger partial charge in [-0.2, -0.15) is 0 Å². The van der Waals surface area contributed by atoms with Gasteiger partial charge in [0.2, 0.25) is 0 Å². The molecule has 1 amide bonds. The topological polar surface area (TPSA) is 62.0 Å². The van der Waals surface area contributed by atoms with E-state index >= 15 is 0 Å². The summed E-state index contributed by atoms with van der Waals surface area (Å²) in [5.41, 5.74) is 5.44. The molecule has 19 heavy (non-hydrogen) atoms. The maximum Gasteiger partial charge on any atom is 0.271 e. The van der Waals surface area contributed by atoms with Crippen LogP contribution in [0.5, 0.6) is 0 Å². The number of hydrogen-bond donors (Lipinski definition) is 2. The Hall–Kier alpha value is -2.62. The van der Waals surface area contributed by atoms with Crippen LogP contribution in [-0.4, -0.2) is 10.9 Å². The van der Waals surface area contributed by atoms with Gasteiger partial charge in [-0.3, -0.25) is 9.59 Å². The summed E-state index contributed by atoms with van der Waals surface area (Å²) in [4.78, 5) is 26.3. The van der Waals surface area contributed by atoms with E-state index in [-0.39, 0.29) is 17.2 Å². The third kappa shape index (κ3) is 1.46. The Bertz CT molecular complexity index is 803. The monoisotopic (exact) mass is 250 g/mol. The molecule has 4 nitrogen and oxygen atoms in total. The van der Waals surface area contributed by atoms with Crippen molar-refractivity contribution in [2.75, 3.05) is 5.32 Å². The van der Waals surface area contributed by atoms with Crippen LogP contribution >= 0.6 is 0 Å². The normalized spacial score (nSPS) is 18.4. The molecule has 4 heteroatoms. The van der Waals surface area contributed by atoms with Gasteiger partial charge in [0, 0.05) is 11.8 Å². The summed E-state index contributed by atoms with van der Waals surface area (Å²) in [6.07, 6.45) is 8.44. The Morgan fingerprint density at radius 3 is 3.00 bits per heavy atom. The largest absolute Gasteiger partial charge is 0.327 e. The number of hydrogen-bond acceptors (Lipinski definition) is 2. The molecule has 0 bridgehead atoms. The Balaban J connectivity index is 1.67. The van der Waals surface area contributed by atoms with E-state index in [2.05, 4.69) is 16.4 Å². The number of aromatic amines is 1. The van der Waals surface area contributed by atoms with Gasteiger partial charge in [-0.05, 0) is 53.0 Å². The molecule has 0 unspecified atom stereocenters. The number of nitrogens with one attached hydrogen (secondary N) is 2. The number of pyridine rings is 1. The maximum absolute atomic E-state index is 12.2. The zero-order valence-corrected chi connectivity index (χ0v) is 9.99. The van der Waals surface area contributed by atoms with E-state index in [9.17, 15) is 9.59 Å². The highest BCUT2D eigenvalue weighted by Crippen LogP contribution is 2.51. The average molecular weight is 250 g/mol. The van der Waals surface area contributed by atoms with Crippen molar-refractivity contribution in [1.82, 2.24) is 4.98 Å². The lowest BCUT2D eigenvalue weighted by atomic mass is 10.1. The van der Waals surface area contributed by atoms with Crippen molar-refractivity contribution in [3.63, 3.8) is 0 Å². The summed E-state index contributed by atoms with van der Waals surface area (Å²) in [6, 6.07) is 3.27. The molecule has 1 fully saturated rings. The molecule has 0 atom stereocenters. The van der Waals surface area contributed by atoms with Gasteiger partial charge >= 0.3 is 0 Å². The zero-order chi connectivity index (χ0) is 13.0. The minimum absolute atomic E-state index is 0.239. The number of allylic oxidation sites excluding steroid dienone is 6. The molecule has 0 spiro atoms. The number of carbonyl (C=O) groups is 1. The van der Waals surface area contributed by atoms with Gasteiger partial charge in [-0.15, -0.1) is 0 Å². The van der Waals surface area contributed by atoms with E-state index in [1.54, 1.807) is 12.1 Å². The van der Waals surface area contributed by atoms with Gasteiger partial charge in [0.25, 0.3) is 11.5 Å². The molecule has 1 heterocycles. The molecule has 1 saturated carbocycles. The van der Waals surface area contributed by atoms with Crippen molar-refractivity contribution in [3.05, 3.63) is 74.8 Å². The third-order valence-corrected chi connectivity index (χ3v) is 3.58. The van der Waals surface area contributed by atoms with E-state index in [0.717, 1.165) is 12.0 Å². The van der Waals surface area contributed by atoms with Crippen LogP contribution < -0.4 is 10.9 Å². The van der Waals surface area contributed by atoms with Gasteiger partial charge in [-0.1, -0.05) is 6.08 Å². The Morgan fingerprint density at radius 1 is 1.26 bits per heavy atom. The first-order valence-electron chi connectivity index (χ1n) is 6.10. The number of carbonyl (C=O) groups excluding carboxylic acids is 1. The SMILES string of the molecule is O=C(Nc1ccc[nH]c1=O)C1=C2C=C3CC3=C2C=C1. The highest BCUT2D eigenvalue weighted by Gasteiger charge is 2.35. The fourth-order valence-electron chi connectivity index (χ4n) is 2.54. The van der Waals surface area contributed by atoms with Crippen molar-refractivity contribution < 1.29 is 4.79 Å². The number of rotatable bonds is 2. The molecule has 92 valence electrons. The van der Waals surface area contributed by atoms with Gasteiger partial charge in [0.15, 0.2) is 0 Å². The van der Waals surface area contributed by atoms with E-state index in [1.165, 1.54) is 22.9 Å². The molecule has 1 aromatic heterocycles. The zero-order valence-electron chi connectivity index (χ0n) is 9.99. The predicted molar refractivity (Wildman–Crippen MR) is 71.6 cm³/mol. The first kappa shape index (κ1) is 10.3. The molecule has 1 aromatic rings. The van der Waals surface area contributed by atoms with Crippen LogP contribution in [0.1, 0.15) is 6.42 Å². The third-order valence-electron chi connectivity index (χ3n) is 3.58. The van der Waals surface area contributed by atoms with Crippen molar-refractivity contribution >= 4 is 11.6 Å². The lowest BCUT2D eigenvalue weighted by molar-refractivity contribution is -0.112. The minimum Gasteiger partial charge on any atom is -0.327 e. The first-order valence-corrected chi connectivity index (χ1v) is 6.10. The average Bonchev–Trinajstić information content (AvgIpc) is 2.89. The van der Waals surface area contributed by atoms with E-state index in [4.69, 9.17) is 0 Å². The molecule has 0 radical (unpaired) electrons. The second-order valence-corrected chi connectivity index (χ2v) is 4.77.